The third-order valence-electron chi connectivity index (χ3n) is 6.24. The van der Waals surface area contributed by atoms with Gasteiger partial charge in [-0.3, -0.25) is 0 Å². The zero-order chi connectivity index (χ0) is 15.2. The molecule has 20 heavy (non-hydrogen) atoms. The van der Waals surface area contributed by atoms with Gasteiger partial charge in [-0.1, -0.05) is 80.1 Å². The summed E-state index contributed by atoms with van der Waals surface area (Å²) < 4.78 is 0. The van der Waals surface area contributed by atoms with Crippen molar-refractivity contribution in [3.8, 4) is 0 Å². The summed E-state index contributed by atoms with van der Waals surface area (Å²) >= 11 is 0. The van der Waals surface area contributed by atoms with E-state index < -0.39 is 0 Å². The van der Waals surface area contributed by atoms with E-state index in [1.54, 1.807) is 0 Å². The standard InChI is InChI=1S/C19H39N/c1-7-9-11-13-16(14-12-10-8-2)20-15-17-18(3,4)19(17,5)6/h16-17,20H,7-15H2,1-6H3. The fraction of sp³-hybridized carbons (Fsp3) is 1.00. The molecule has 1 fully saturated rings. The zero-order valence-corrected chi connectivity index (χ0v) is 15.0. The molecule has 0 amide bonds. The van der Waals surface area contributed by atoms with Gasteiger partial charge in [-0.2, -0.15) is 0 Å². The summed E-state index contributed by atoms with van der Waals surface area (Å²) in [6.07, 6.45) is 11.0. The van der Waals surface area contributed by atoms with Gasteiger partial charge >= 0.3 is 0 Å². The highest BCUT2D eigenvalue weighted by Gasteiger charge is 2.63. The van der Waals surface area contributed by atoms with Crippen LogP contribution < -0.4 is 5.32 Å². The lowest BCUT2D eigenvalue weighted by molar-refractivity contribution is 0.395. The van der Waals surface area contributed by atoms with Crippen LogP contribution in [-0.2, 0) is 0 Å². The predicted molar refractivity (Wildman–Crippen MR) is 91.1 cm³/mol. The highest BCUT2D eigenvalue weighted by molar-refractivity contribution is 5.12. The molecule has 1 heteroatoms. The van der Waals surface area contributed by atoms with Crippen LogP contribution in [-0.4, -0.2) is 12.6 Å². The van der Waals surface area contributed by atoms with Gasteiger partial charge in [0.15, 0.2) is 0 Å². The molecule has 0 bridgehead atoms. The van der Waals surface area contributed by atoms with Gasteiger partial charge in [0.25, 0.3) is 0 Å². The molecular weight excluding hydrogens is 242 g/mol. The molecule has 0 saturated heterocycles. The summed E-state index contributed by atoms with van der Waals surface area (Å²) in [4.78, 5) is 0. The smallest absolute Gasteiger partial charge is 0.00671 e. The Hall–Kier alpha value is -0.0400. The van der Waals surface area contributed by atoms with Gasteiger partial charge in [-0.05, 0) is 36.1 Å². The summed E-state index contributed by atoms with van der Waals surface area (Å²) in [5.41, 5.74) is 1.05. The molecule has 0 aromatic carbocycles. The van der Waals surface area contributed by atoms with Crippen LogP contribution in [0.5, 0.6) is 0 Å². The van der Waals surface area contributed by atoms with Crippen molar-refractivity contribution in [2.45, 2.75) is 99.0 Å². The predicted octanol–water partition coefficient (Wildman–Crippen LogP) is 5.79. The van der Waals surface area contributed by atoms with Gasteiger partial charge in [0.05, 0.1) is 0 Å². The molecule has 0 atom stereocenters. The van der Waals surface area contributed by atoms with E-state index in [0.717, 1.165) is 12.0 Å². The molecule has 1 N–H and O–H groups in total. The molecule has 1 saturated carbocycles. The second kappa shape index (κ2) is 7.82. The van der Waals surface area contributed by atoms with Crippen molar-refractivity contribution in [3.63, 3.8) is 0 Å². The van der Waals surface area contributed by atoms with Crippen molar-refractivity contribution in [2.75, 3.05) is 6.54 Å². The molecule has 0 aromatic rings. The number of rotatable bonds is 11. The van der Waals surface area contributed by atoms with E-state index in [4.69, 9.17) is 0 Å². The summed E-state index contributed by atoms with van der Waals surface area (Å²) in [7, 11) is 0. The lowest BCUT2D eigenvalue weighted by Gasteiger charge is -2.19. The maximum atomic E-state index is 3.91. The number of hydrogen-bond donors (Lipinski definition) is 1. The van der Waals surface area contributed by atoms with E-state index in [2.05, 4.69) is 46.9 Å². The molecule has 1 aliphatic rings. The first kappa shape index (κ1) is 18.0. The zero-order valence-electron chi connectivity index (χ0n) is 15.0. The first-order chi connectivity index (χ1) is 9.37. The minimum atomic E-state index is 0.525. The highest BCUT2D eigenvalue weighted by atomic mass is 14.9. The van der Waals surface area contributed by atoms with Crippen LogP contribution in [0.4, 0.5) is 0 Å². The first-order valence-corrected chi connectivity index (χ1v) is 9.11. The van der Waals surface area contributed by atoms with Gasteiger partial charge < -0.3 is 5.32 Å². The Labute approximate surface area is 128 Å². The first-order valence-electron chi connectivity index (χ1n) is 9.11. The number of unbranched alkanes of at least 4 members (excludes halogenated alkanes) is 4. The molecule has 0 heterocycles. The lowest BCUT2D eigenvalue weighted by atomic mass is 10.0. The molecule has 0 spiro atoms. The minimum Gasteiger partial charge on any atom is -0.314 e. The summed E-state index contributed by atoms with van der Waals surface area (Å²) in [6.45, 7) is 15.6. The van der Waals surface area contributed by atoms with Crippen LogP contribution in [0.15, 0.2) is 0 Å². The van der Waals surface area contributed by atoms with Crippen LogP contribution >= 0.6 is 0 Å². The van der Waals surface area contributed by atoms with Crippen molar-refractivity contribution in [2.24, 2.45) is 16.7 Å². The van der Waals surface area contributed by atoms with Crippen LogP contribution in [0, 0.1) is 16.7 Å². The molecule has 0 aromatic heterocycles. The second-order valence-corrected chi connectivity index (χ2v) is 8.09. The van der Waals surface area contributed by atoms with Crippen LogP contribution in [0.2, 0.25) is 0 Å². The van der Waals surface area contributed by atoms with E-state index in [1.807, 2.05) is 0 Å². The topological polar surface area (TPSA) is 12.0 Å². The third-order valence-corrected chi connectivity index (χ3v) is 6.24. The van der Waals surface area contributed by atoms with Crippen molar-refractivity contribution in [1.82, 2.24) is 5.32 Å². The monoisotopic (exact) mass is 281 g/mol. The average Bonchev–Trinajstić information content (AvgIpc) is 2.77. The summed E-state index contributed by atoms with van der Waals surface area (Å²) in [6, 6.07) is 0.764. The van der Waals surface area contributed by atoms with Gasteiger partial charge in [-0.25, -0.2) is 0 Å². The quantitative estimate of drug-likeness (QED) is 0.473. The number of nitrogens with one attached hydrogen (secondary N) is 1. The van der Waals surface area contributed by atoms with Crippen molar-refractivity contribution >= 4 is 0 Å². The molecule has 120 valence electrons. The second-order valence-electron chi connectivity index (χ2n) is 8.09. The maximum absolute atomic E-state index is 3.91. The van der Waals surface area contributed by atoms with Gasteiger partial charge in [0.2, 0.25) is 0 Å². The Morgan fingerprint density at radius 3 is 1.60 bits per heavy atom. The molecule has 1 nitrogen and oxygen atoms in total. The Bertz CT molecular complexity index is 243. The lowest BCUT2D eigenvalue weighted by Crippen LogP contribution is -2.32. The molecule has 0 unspecified atom stereocenters. The minimum absolute atomic E-state index is 0.525. The van der Waals surface area contributed by atoms with E-state index in [1.165, 1.54) is 57.9 Å². The highest BCUT2D eigenvalue weighted by Crippen LogP contribution is 2.67. The van der Waals surface area contributed by atoms with E-state index >= 15 is 0 Å². The van der Waals surface area contributed by atoms with Crippen molar-refractivity contribution < 1.29 is 0 Å². The molecule has 1 rings (SSSR count). The Balaban J connectivity index is 2.32. The van der Waals surface area contributed by atoms with Gasteiger partial charge in [-0.15, -0.1) is 0 Å². The normalized spacial score (nSPS) is 20.6. The fourth-order valence-electron chi connectivity index (χ4n) is 3.76. The van der Waals surface area contributed by atoms with Crippen LogP contribution in [0.1, 0.15) is 92.9 Å². The summed E-state index contributed by atoms with van der Waals surface area (Å²) in [5, 5.41) is 3.91. The van der Waals surface area contributed by atoms with Gasteiger partial charge in [0.1, 0.15) is 0 Å². The van der Waals surface area contributed by atoms with Crippen LogP contribution in [0.3, 0.4) is 0 Å². The maximum Gasteiger partial charge on any atom is 0.00671 e. The SMILES string of the molecule is CCCCCC(CCCCC)NCC1C(C)(C)C1(C)C. The fourth-order valence-corrected chi connectivity index (χ4v) is 3.76. The average molecular weight is 282 g/mol. The molecule has 1 aliphatic carbocycles. The Morgan fingerprint density at radius 2 is 1.25 bits per heavy atom. The van der Waals surface area contributed by atoms with E-state index in [0.29, 0.717) is 10.8 Å². The Morgan fingerprint density at radius 1 is 0.800 bits per heavy atom. The van der Waals surface area contributed by atoms with E-state index in [9.17, 15) is 0 Å². The van der Waals surface area contributed by atoms with Gasteiger partial charge in [0, 0.05) is 6.04 Å². The van der Waals surface area contributed by atoms with E-state index in [-0.39, 0.29) is 0 Å². The molecule has 0 aliphatic heterocycles. The summed E-state index contributed by atoms with van der Waals surface area (Å²) in [5.74, 6) is 0.856. The Kier molecular flexibility index (Phi) is 7.04. The molecular formula is C19H39N. The van der Waals surface area contributed by atoms with Crippen LogP contribution in [0.25, 0.3) is 0 Å². The third kappa shape index (κ3) is 4.48. The van der Waals surface area contributed by atoms with Crippen molar-refractivity contribution in [1.29, 1.82) is 0 Å². The largest absolute Gasteiger partial charge is 0.314 e. The van der Waals surface area contributed by atoms with Crippen molar-refractivity contribution in [3.05, 3.63) is 0 Å². The molecule has 0 radical (unpaired) electrons. The number of hydrogen-bond acceptors (Lipinski definition) is 1.